The van der Waals surface area contributed by atoms with Crippen molar-refractivity contribution in [3.8, 4) is 5.75 Å². The lowest BCUT2D eigenvalue weighted by Crippen LogP contribution is -2.21. The summed E-state index contributed by atoms with van der Waals surface area (Å²) < 4.78 is 39.6. The lowest BCUT2D eigenvalue weighted by atomic mass is 10.3. The molecule has 0 heterocycles. The molecule has 1 aromatic rings. The number of nitrogens with one attached hydrogen (secondary N) is 1. The third-order valence-electron chi connectivity index (χ3n) is 1.79. The molecule has 0 saturated carbocycles. The van der Waals surface area contributed by atoms with Crippen molar-refractivity contribution >= 4 is 17.3 Å². The van der Waals surface area contributed by atoms with E-state index in [9.17, 15) is 13.2 Å². The van der Waals surface area contributed by atoms with E-state index in [-0.39, 0.29) is 18.2 Å². The first kappa shape index (κ1) is 13.9. The monoisotopic (exact) mass is 269 g/mol. The van der Waals surface area contributed by atoms with Gasteiger partial charge in [0.2, 0.25) is 0 Å². The van der Waals surface area contributed by atoms with Crippen molar-refractivity contribution in [3.63, 3.8) is 0 Å². The van der Waals surface area contributed by atoms with Crippen LogP contribution in [0.2, 0.25) is 0 Å². The Morgan fingerprint density at radius 1 is 1.41 bits per heavy atom. The molecule has 0 fully saturated rings. The predicted octanol–water partition coefficient (Wildman–Crippen LogP) is 2.60. The third-order valence-corrected chi connectivity index (χ3v) is 2.14. The Morgan fingerprint density at radius 2 is 2.12 bits per heavy atom. The molecular formula is C10H11ClF3NO2. The van der Waals surface area contributed by atoms with Gasteiger partial charge in [-0.3, -0.25) is 0 Å². The van der Waals surface area contributed by atoms with Crippen LogP contribution >= 0.6 is 11.6 Å². The van der Waals surface area contributed by atoms with Crippen molar-refractivity contribution < 1.29 is 23.0 Å². The van der Waals surface area contributed by atoms with Crippen molar-refractivity contribution in [1.29, 1.82) is 0 Å². The van der Waals surface area contributed by atoms with Gasteiger partial charge in [0.1, 0.15) is 5.75 Å². The van der Waals surface area contributed by atoms with Gasteiger partial charge in [-0.15, -0.1) is 24.8 Å². The average molecular weight is 270 g/mol. The van der Waals surface area contributed by atoms with Crippen LogP contribution in [0.25, 0.3) is 0 Å². The van der Waals surface area contributed by atoms with E-state index in [4.69, 9.17) is 16.7 Å². The number of alkyl halides is 4. The van der Waals surface area contributed by atoms with E-state index in [2.05, 4.69) is 10.1 Å². The Balaban J connectivity index is 2.60. The third kappa shape index (κ3) is 5.65. The average Bonchev–Trinajstić information content (AvgIpc) is 2.24. The highest BCUT2D eigenvalue weighted by molar-refractivity contribution is 6.18. The van der Waals surface area contributed by atoms with E-state index < -0.39 is 12.5 Å². The fourth-order valence-electron chi connectivity index (χ4n) is 1.09. The molecule has 96 valence electrons. The molecule has 3 nitrogen and oxygen atoms in total. The van der Waals surface area contributed by atoms with Crippen LogP contribution in [0.3, 0.4) is 0 Å². The Morgan fingerprint density at radius 3 is 2.71 bits per heavy atom. The zero-order chi connectivity index (χ0) is 12.9. The lowest BCUT2D eigenvalue weighted by molar-refractivity contribution is -0.274. The summed E-state index contributed by atoms with van der Waals surface area (Å²) in [5.41, 5.74) is 0.413. The Hall–Kier alpha value is -1.14. The topological polar surface area (TPSA) is 41.5 Å². The van der Waals surface area contributed by atoms with Gasteiger partial charge in [-0.1, -0.05) is 6.07 Å². The van der Waals surface area contributed by atoms with Gasteiger partial charge in [0.05, 0.1) is 12.0 Å². The number of benzene rings is 1. The van der Waals surface area contributed by atoms with Gasteiger partial charge in [-0.25, -0.2) is 0 Å². The highest BCUT2D eigenvalue weighted by Gasteiger charge is 2.31. The molecule has 17 heavy (non-hydrogen) atoms. The van der Waals surface area contributed by atoms with E-state index >= 15 is 0 Å². The highest BCUT2D eigenvalue weighted by Crippen LogP contribution is 2.24. The second kappa shape index (κ2) is 5.97. The molecule has 0 spiro atoms. The van der Waals surface area contributed by atoms with Crippen LogP contribution in [0.1, 0.15) is 0 Å². The minimum atomic E-state index is -4.71. The van der Waals surface area contributed by atoms with Crippen LogP contribution in [0.4, 0.5) is 18.9 Å². The molecule has 1 atom stereocenters. The van der Waals surface area contributed by atoms with Crippen molar-refractivity contribution in [1.82, 2.24) is 0 Å². The molecule has 0 aliphatic rings. The zero-order valence-electron chi connectivity index (χ0n) is 8.67. The van der Waals surface area contributed by atoms with Crippen molar-refractivity contribution in [2.45, 2.75) is 12.5 Å². The number of aliphatic hydroxyl groups is 1. The summed E-state index contributed by atoms with van der Waals surface area (Å²) in [6.45, 7) is 0.152. The van der Waals surface area contributed by atoms with Gasteiger partial charge in [-0.2, -0.15) is 0 Å². The first-order chi connectivity index (χ1) is 7.90. The summed E-state index contributed by atoms with van der Waals surface area (Å²) in [5, 5.41) is 11.9. The van der Waals surface area contributed by atoms with Gasteiger partial charge in [0.25, 0.3) is 0 Å². The van der Waals surface area contributed by atoms with Crippen LogP contribution in [0, 0.1) is 0 Å². The summed E-state index contributed by atoms with van der Waals surface area (Å²) in [4.78, 5) is 0. The number of hydrogen-bond acceptors (Lipinski definition) is 3. The lowest BCUT2D eigenvalue weighted by Gasteiger charge is -2.12. The molecule has 1 rings (SSSR count). The predicted molar refractivity (Wildman–Crippen MR) is 58.3 cm³/mol. The second-order valence-electron chi connectivity index (χ2n) is 3.26. The van der Waals surface area contributed by atoms with Crippen LogP contribution < -0.4 is 10.1 Å². The molecule has 1 aromatic carbocycles. The van der Waals surface area contributed by atoms with Crippen molar-refractivity contribution in [3.05, 3.63) is 24.3 Å². The second-order valence-corrected chi connectivity index (χ2v) is 3.57. The van der Waals surface area contributed by atoms with Crippen LogP contribution in [0.15, 0.2) is 24.3 Å². The number of rotatable bonds is 5. The van der Waals surface area contributed by atoms with Gasteiger partial charge >= 0.3 is 6.36 Å². The van der Waals surface area contributed by atoms with Crippen molar-refractivity contribution in [2.75, 3.05) is 17.7 Å². The van der Waals surface area contributed by atoms with Crippen LogP contribution in [-0.4, -0.2) is 30.0 Å². The molecule has 0 radical (unpaired) electrons. The maximum Gasteiger partial charge on any atom is 0.573 e. The van der Waals surface area contributed by atoms with E-state index in [0.29, 0.717) is 5.69 Å². The smallest absolute Gasteiger partial charge is 0.406 e. The molecular weight excluding hydrogens is 259 g/mol. The molecule has 7 heteroatoms. The first-order valence-corrected chi connectivity index (χ1v) is 5.28. The molecule has 0 aromatic heterocycles. The molecule has 0 amide bonds. The Labute approximate surface area is 101 Å². The molecule has 2 N–H and O–H groups in total. The zero-order valence-corrected chi connectivity index (χ0v) is 9.42. The largest absolute Gasteiger partial charge is 0.573 e. The number of hydrogen-bond donors (Lipinski definition) is 2. The highest BCUT2D eigenvalue weighted by atomic mass is 35.5. The molecule has 0 saturated heterocycles. The maximum atomic E-state index is 11.9. The fourth-order valence-corrected chi connectivity index (χ4v) is 1.20. The minimum Gasteiger partial charge on any atom is -0.406 e. The standard InChI is InChI=1S/C10H11ClF3NO2/c11-5-8(16)6-15-7-2-1-3-9(4-7)17-10(12,13)14/h1-4,8,15-16H,5-6H2. The van der Waals surface area contributed by atoms with Gasteiger partial charge in [0.15, 0.2) is 0 Å². The number of ether oxygens (including phenoxy) is 1. The van der Waals surface area contributed by atoms with Gasteiger partial charge in [0, 0.05) is 18.3 Å². The SMILES string of the molecule is OC(CCl)CNc1cccc(OC(F)(F)F)c1. The summed E-state index contributed by atoms with van der Waals surface area (Å²) in [6.07, 6.45) is -5.47. The minimum absolute atomic E-state index is 0.0474. The quantitative estimate of drug-likeness (QED) is 0.808. The van der Waals surface area contributed by atoms with E-state index in [1.165, 1.54) is 18.2 Å². The number of aliphatic hydroxyl groups excluding tert-OH is 1. The summed E-state index contributed by atoms with van der Waals surface area (Å²) in [6, 6.07) is 5.35. The fraction of sp³-hybridized carbons (Fsp3) is 0.400. The summed E-state index contributed by atoms with van der Waals surface area (Å²) >= 11 is 5.37. The normalized spacial score (nSPS) is 13.2. The first-order valence-electron chi connectivity index (χ1n) is 4.74. The molecule has 0 aliphatic heterocycles. The maximum absolute atomic E-state index is 11.9. The molecule has 0 bridgehead atoms. The van der Waals surface area contributed by atoms with E-state index in [0.717, 1.165) is 0 Å². The summed E-state index contributed by atoms with van der Waals surface area (Å²) in [7, 11) is 0. The Kier molecular flexibility index (Phi) is 4.89. The number of anilines is 1. The van der Waals surface area contributed by atoms with E-state index in [1.54, 1.807) is 6.07 Å². The summed E-state index contributed by atoms with van der Waals surface area (Å²) in [5.74, 6) is -0.269. The van der Waals surface area contributed by atoms with Gasteiger partial charge < -0.3 is 15.2 Å². The van der Waals surface area contributed by atoms with Crippen molar-refractivity contribution in [2.24, 2.45) is 0 Å². The van der Waals surface area contributed by atoms with Gasteiger partial charge in [-0.05, 0) is 12.1 Å². The van der Waals surface area contributed by atoms with Crippen LogP contribution in [-0.2, 0) is 0 Å². The van der Waals surface area contributed by atoms with Crippen LogP contribution in [0.5, 0.6) is 5.75 Å². The molecule has 0 aliphatic carbocycles. The Bertz CT molecular complexity index is 360. The van der Waals surface area contributed by atoms with E-state index in [1.807, 2.05) is 0 Å². The molecule has 1 unspecified atom stereocenters. The number of halogens is 4.